The summed E-state index contributed by atoms with van der Waals surface area (Å²) in [7, 11) is 3.13. The van der Waals surface area contributed by atoms with E-state index in [0.717, 1.165) is 30.6 Å². The summed E-state index contributed by atoms with van der Waals surface area (Å²) in [4.78, 5) is 13.3. The molecule has 1 unspecified atom stereocenters. The number of nitrogens with one attached hydrogen (secondary N) is 1. The molecule has 1 atom stereocenters. The number of ether oxygens (including phenoxy) is 4. The van der Waals surface area contributed by atoms with Crippen molar-refractivity contribution in [3.8, 4) is 23.0 Å². The maximum absolute atomic E-state index is 13.3. The maximum atomic E-state index is 13.3. The summed E-state index contributed by atoms with van der Waals surface area (Å²) in [6, 6.07) is 21.1. The van der Waals surface area contributed by atoms with Crippen molar-refractivity contribution in [2.75, 3.05) is 27.4 Å². The number of carbonyl (C=O) groups excluding carboxylic acids is 1. The molecular weight excluding hydrogens is 418 g/mol. The van der Waals surface area contributed by atoms with Crippen LogP contribution in [0.15, 0.2) is 66.7 Å². The van der Waals surface area contributed by atoms with E-state index in [2.05, 4.69) is 17.4 Å². The summed E-state index contributed by atoms with van der Waals surface area (Å²) in [5, 5.41) is 3.20. The van der Waals surface area contributed by atoms with Crippen LogP contribution in [0.5, 0.6) is 23.0 Å². The second-order valence-electron chi connectivity index (χ2n) is 7.87. The van der Waals surface area contributed by atoms with Crippen LogP contribution in [0.2, 0.25) is 0 Å². The summed E-state index contributed by atoms with van der Waals surface area (Å²) < 4.78 is 22.3. The first-order chi connectivity index (χ1) is 16.2. The largest absolute Gasteiger partial charge is 0.497 e. The number of amides is 1. The highest BCUT2D eigenvalue weighted by molar-refractivity contribution is 5.97. The third-order valence-corrected chi connectivity index (χ3v) is 5.70. The van der Waals surface area contributed by atoms with Crippen LogP contribution in [-0.4, -0.2) is 33.3 Å². The fourth-order valence-corrected chi connectivity index (χ4v) is 3.90. The van der Waals surface area contributed by atoms with Gasteiger partial charge in [0.1, 0.15) is 11.5 Å². The highest BCUT2D eigenvalue weighted by Crippen LogP contribution is 2.34. The number of hydrogen-bond acceptors (Lipinski definition) is 5. The number of hydrogen-bond donors (Lipinski definition) is 1. The van der Waals surface area contributed by atoms with Gasteiger partial charge in [0.2, 0.25) is 0 Å². The summed E-state index contributed by atoms with van der Waals surface area (Å²) in [6.07, 6.45) is 2.39. The molecule has 0 saturated carbocycles. The molecule has 1 N–H and O–H groups in total. The zero-order chi connectivity index (χ0) is 23.0. The van der Waals surface area contributed by atoms with Gasteiger partial charge >= 0.3 is 0 Å². The van der Waals surface area contributed by atoms with Gasteiger partial charge in [0.15, 0.2) is 11.5 Å². The minimum atomic E-state index is -0.221. The minimum absolute atomic E-state index is 0.209. The summed E-state index contributed by atoms with van der Waals surface area (Å²) in [5.74, 6) is 2.34. The first kappa shape index (κ1) is 22.5. The molecule has 0 fully saturated rings. The molecule has 1 heterocycles. The number of carbonyl (C=O) groups is 1. The van der Waals surface area contributed by atoms with E-state index in [0.29, 0.717) is 36.0 Å². The monoisotopic (exact) mass is 447 g/mol. The molecule has 0 spiro atoms. The lowest BCUT2D eigenvalue weighted by Gasteiger charge is -2.21. The van der Waals surface area contributed by atoms with Crippen molar-refractivity contribution in [2.24, 2.45) is 0 Å². The second kappa shape index (κ2) is 10.8. The summed E-state index contributed by atoms with van der Waals surface area (Å²) in [5.41, 5.74) is 2.64. The van der Waals surface area contributed by atoms with E-state index in [1.54, 1.807) is 32.4 Å². The molecule has 0 radical (unpaired) electrons. The van der Waals surface area contributed by atoms with Crippen molar-refractivity contribution in [1.82, 2.24) is 5.32 Å². The van der Waals surface area contributed by atoms with Gasteiger partial charge in [0, 0.05) is 12.5 Å². The summed E-state index contributed by atoms with van der Waals surface area (Å²) >= 11 is 0. The Balaban J connectivity index is 1.60. The molecule has 172 valence electrons. The van der Waals surface area contributed by atoms with Crippen LogP contribution in [0.25, 0.3) is 0 Å². The fraction of sp³-hybridized carbons (Fsp3) is 0.296. The van der Waals surface area contributed by atoms with E-state index in [1.165, 1.54) is 5.56 Å². The molecule has 0 saturated heterocycles. The van der Waals surface area contributed by atoms with Gasteiger partial charge in [0.25, 0.3) is 5.91 Å². The topological polar surface area (TPSA) is 66.0 Å². The lowest BCUT2D eigenvalue weighted by Crippen LogP contribution is -2.29. The molecule has 0 bridgehead atoms. The van der Waals surface area contributed by atoms with Crippen LogP contribution in [0, 0.1) is 0 Å². The first-order valence-corrected chi connectivity index (χ1v) is 11.1. The minimum Gasteiger partial charge on any atom is -0.497 e. The van der Waals surface area contributed by atoms with Crippen LogP contribution < -0.4 is 24.3 Å². The summed E-state index contributed by atoms with van der Waals surface area (Å²) in [6.45, 7) is 1.25. The Morgan fingerprint density at radius 1 is 0.939 bits per heavy atom. The quantitative estimate of drug-likeness (QED) is 0.528. The molecule has 3 aromatic carbocycles. The highest BCUT2D eigenvalue weighted by Gasteiger charge is 2.21. The molecule has 0 aromatic heterocycles. The van der Waals surface area contributed by atoms with Crippen molar-refractivity contribution in [2.45, 2.75) is 25.3 Å². The van der Waals surface area contributed by atoms with Crippen molar-refractivity contribution in [1.29, 1.82) is 0 Å². The van der Waals surface area contributed by atoms with E-state index in [1.807, 2.05) is 36.4 Å². The number of aryl methyl sites for hydroxylation is 1. The van der Waals surface area contributed by atoms with E-state index in [-0.39, 0.29) is 11.9 Å². The Labute approximate surface area is 194 Å². The molecule has 0 aliphatic carbocycles. The Morgan fingerprint density at radius 2 is 1.73 bits per heavy atom. The van der Waals surface area contributed by atoms with E-state index < -0.39 is 0 Å². The molecule has 6 heteroatoms. The van der Waals surface area contributed by atoms with Crippen molar-refractivity contribution >= 4 is 5.91 Å². The Hall–Kier alpha value is -3.67. The zero-order valence-corrected chi connectivity index (χ0v) is 19.0. The zero-order valence-electron chi connectivity index (χ0n) is 19.0. The van der Waals surface area contributed by atoms with Gasteiger partial charge in [-0.05, 0) is 48.2 Å². The third-order valence-electron chi connectivity index (χ3n) is 5.70. The molecule has 1 amide bonds. The van der Waals surface area contributed by atoms with Crippen LogP contribution in [0.4, 0.5) is 0 Å². The van der Waals surface area contributed by atoms with Crippen LogP contribution in [-0.2, 0) is 6.42 Å². The predicted octanol–water partition coefficient (Wildman–Crippen LogP) is 4.97. The van der Waals surface area contributed by atoms with E-state index >= 15 is 0 Å². The average molecular weight is 448 g/mol. The van der Waals surface area contributed by atoms with E-state index in [9.17, 15) is 4.79 Å². The second-order valence-corrected chi connectivity index (χ2v) is 7.87. The highest BCUT2D eigenvalue weighted by atomic mass is 16.5. The Morgan fingerprint density at radius 3 is 2.48 bits per heavy atom. The Bertz CT molecular complexity index is 1080. The smallest absolute Gasteiger partial charge is 0.255 e. The number of rotatable bonds is 8. The number of benzene rings is 3. The van der Waals surface area contributed by atoms with Crippen molar-refractivity contribution in [3.05, 3.63) is 83.4 Å². The van der Waals surface area contributed by atoms with Crippen LogP contribution >= 0.6 is 0 Å². The van der Waals surface area contributed by atoms with Crippen LogP contribution in [0.1, 0.15) is 40.4 Å². The lowest BCUT2D eigenvalue weighted by molar-refractivity contribution is 0.0931. The van der Waals surface area contributed by atoms with Gasteiger partial charge < -0.3 is 24.3 Å². The first-order valence-electron chi connectivity index (χ1n) is 11.1. The van der Waals surface area contributed by atoms with E-state index in [4.69, 9.17) is 18.9 Å². The fourth-order valence-electron chi connectivity index (χ4n) is 3.90. The number of methoxy groups -OCH3 is 2. The van der Waals surface area contributed by atoms with Crippen molar-refractivity contribution in [3.63, 3.8) is 0 Å². The van der Waals surface area contributed by atoms with Gasteiger partial charge in [-0.15, -0.1) is 0 Å². The molecule has 33 heavy (non-hydrogen) atoms. The average Bonchev–Trinajstić information content (AvgIpc) is 3.11. The maximum Gasteiger partial charge on any atom is 0.255 e. The Kier molecular flexibility index (Phi) is 7.35. The van der Waals surface area contributed by atoms with Gasteiger partial charge in [-0.1, -0.05) is 36.4 Å². The van der Waals surface area contributed by atoms with Gasteiger partial charge in [-0.25, -0.2) is 0 Å². The van der Waals surface area contributed by atoms with Crippen molar-refractivity contribution < 1.29 is 23.7 Å². The molecule has 4 rings (SSSR count). The third kappa shape index (κ3) is 5.58. The molecule has 1 aliphatic rings. The number of fused-ring (bicyclic) bond motifs is 1. The molecule has 3 aromatic rings. The molecular formula is C27H29NO5. The lowest BCUT2D eigenvalue weighted by atomic mass is 9.98. The normalized spacial score (nSPS) is 13.5. The van der Waals surface area contributed by atoms with Gasteiger partial charge in [-0.2, -0.15) is 0 Å². The van der Waals surface area contributed by atoms with Crippen LogP contribution in [0.3, 0.4) is 0 Å². The predicted molar refractivity (Wildman–Crippen MR) is 127 cm³/mol. The molecule has 1 aliphatic heterocycles. The molecule has 6 nitrogen and oxygen atoms in total. The van der Waals surface area contributed by atoms with Gasteiger partial charge in [-0.3, -0.25) is 4.79 Å². The van der Waals surface area contributed by atoms with Gasteiger partial charge in [0.05, 0.1) is 39.0 Å². The SMILES string of the molecule is COc1ccc(C(=O)NC(CCc2ccccc2)c2ccc3c(c2)OCCCO3)c(OC)c1. The standard InChI is InChI=1S/C27H29NO5/c1-30-21-11-12-22(25(18-21)31-2)27(29)28-23(13-9-19-7-4-3-5-8-19)20-10-14-24-26(17-20)33-16-6-15-32-24/h3-5,7-8,10-12,14,17-18,23H,6,9,13,15-16H2,1-2H3,(H,28,29).